The first-order valence-electron chi connectivity index (χ1n) is 6.33. The third-order valence-corrected chi connectivity index (χ3v) is 4.56. The molecule has 0 radical (unpaired) electrons. The fraction of sp³-hybridized carbons (Fsp3) is 0.600. The fourth-order valence-electron chi connectivity index (χ4n) is 2.83. The SMILES string of the molecule is CC(C)(C)C1CC(CN)(c2cccc(Cl)c2)C1. The van der Waals surface area contributed by atoms with Crippen LogP contribution in [0.1, 0.15) is 39.2 Å². The van der Waals surface area contributed by atoms with E-state index >= 15 is 0 Å². The monoisotopic (exact) mass is 251 g/mol. The Kier molecular flexibility index (Phi) is 3.26. The maximum Gasteiger partial charge on any atom is 0.0408 e. The van der Waals surface area contributed by atoms with E-state index in [1.165, 1.54) is 18.4 Å². The van der Waals surface area contributed by atoms with E-state index in [2.05, 4.69) is 32.9 Å². The van der Waals surface area contributed by atoms with Crippen LogP contribution in [0.4, 0.5) is 0 Å². The minimum Gasteiger partial charge on any atom is -0.330 e. The van der Waals surface area contributed by atoms with Crippen LogP contribution in [0.15, 0.2) is 24.3 Å². The molecule has 1 aliphatic rings. The van der Waals surface area contributed by atoms with Crippen molar-refractivity contribution in [3.05, 3.63) is 34.9 Å². The molecule has 1 fully saturated rings. The summed E-state index contributed by atoms with van der Waals surface area (Å²) >= 11 is 6.07. The third-order valence-electron chi connectivity index (χ3n) is 4.33. The summed E-state index contributed by atoms with van der Waals surface area (Å²) < 4.78 is 0. The van der Waals surface area contributed by atoms with E-state index in [1.54, 1.807) is 0 Å². The molecule has 0 atom stereocenters. The Morgan fingerprint density at radius 2 is 2.00 bits per heavy atom. The van der Waals surface area contributed by atoms with E-state index in [1.807, 2.05) is 12.1 Å². The lowest BCUT2D eigenvalue weighted by molar-refractivity contribution is 0.0504. The van der Waals surface area contributed by atoms with Crippen molar-refractivity contribution in [3.63, 3.8) is 0 Å². The number of nitrogens with two attached hydrogens (primary N) is 1. The summed E-state index contributed by atoms with van der Waals surface area (Å²) in [6.07, 6.45) is 2.38. The molecule has 2 N–H and O–H groups in total. The van der Waals surface area contributed by atoms with Gasteiger partial charge in [0, 0.05) is 17.0 Å². The van der Waals surface area contributed by atoms with Crippen molar-refractivity contribution in [3.8, 4) is 0 Å². The molecule has 1 aromatic carbocycles. The molecule has 94 valence electrons. The van der Waals surface area contributed by atoms with Crippen molar-refractivity contribution in [2.24, 2.45) is 17.1 Å². The summed E-state index contributed by atoms with van der Waals surface area (Å²) in [5.41, 5.74) is 7.88. The minimum absolute atomic E-state index is 0.169. The van der Waals surface area contributed by atoms with E-state index in [4.69, 9.17) is 17.3 Å². The first kappa shape index (κ1) is 12.9. The molecule has 0 aromatic heterocycles. The molecule has 1 aliphatic carbocycles. The second-order valence-electron chi connectivity index (χ2n) is 6.47. The van der Waals surface area contributed by atoms with Crippen LogP contribution in [0.5, 0.6) is 0 Å². The molecule has 1 saturated carbocycles. The summed E-state index contributed by atoms with van der Waals surface area (Å²) in [5, 5.41) is 0.814. The molecule has 0 saturated heterocycles. The van der Waals surface area contributed by atoms with Gasteiger partial charge in [0.1, 0.15) is 0 Å². The first-order valence-corrected chi connectivity index (χ1v) is 6.71. The van der Waals surface area contributed by atoms with E-state index in [-0.39, 0.29) is 5.41 Å². The summed E-state index contributed by atoms with van der Waals surface area (Å²) in [4.78, 5) is 0. The molecule has 0 unspecified atom stereocenters. The van der Waals surface area contributed by atoms with Crippen LogP contribution < -0.4 is 5.73 Å². The summed E-state index contributed by atoms with van der Waals surface area (Å²) in [5.74, 6) is 0.769. The summed E-state index contributed by atoms with van der Waals surface area (Å²) in [7, 11) is 0. The van der Waals surface area contributed by atoms with E-state index in [0.29, 0.717) is 5.41 Å². The molecule has 0 aliphatic heterocycles. The highest BCUT2D eigenvalue weighted by Gasteiger charge is 2.48. The van der Waals surface area contributed by atoms with Crippen LogP contribution in [-0.2, 0) is 5.41 Å². The molecule has 1 aromatic rings. The van der Waals surface area contributed by atoms with E-state index in [0.717, 1.165) is 17.5 Å². The second-order valence-corrected chi connectivity index (χ2v) is 6.90. The molecule has 0 heterocycles. The van der Waals surface area contributed by atoms with Gasteiger partial charge in [-0.1, -0.05) is 44.5 Å². The molecule has 0 amide bonds. The Balaban J connectivity index is 2.20. The van der Waals surface area contributed by atoms with Crippen LogP contribution in [0, 0.1) is 11.3 Å². The van der Waals surface area contributed by atoms with E-state index < -0.39 is 0 Å². The maximum absolute atomic E-state index is 6.07. The molecule has 0 bridgehead atoms. The van der Waals surface area contributed by atoms with Gasteiger partial charge >= 0.3 is 0 Å². The topological polar surface area (TPSA) is 26.0 Å². The number of hydrogen-bond acceptors (Lipinski definition) is 1. The van der Waals surface area contributed by atoms with Crippen molar-refractivity contribution in [1.29, 1.82) is 0 Å². The fourth-order valence-corrected chi connectivity index (χ4v) is 3.02. The highest BCUT2D eigenvalue weighted by Crippen LogP contribution is 2.53. The van der Waals surface area contributed by atoms with Crippen LogP contribution in [0.3, 0.4) is 0 Å². The average Bonchev–Trinajstić information content (AvgIpc) is 2.15. The Morgan fingerprint density at radius 3 is 2.47 bits per heavy atom. The first-order chi connectivity index (χ1) is 7.87. The predicted octanol–water partition coefficient (Wildman–Crippen LogP) is 3.99. The number of rotatable bonds is 2. The molecule has 0 spiro atoms. The Labute approximate surface area is 109 Å². The molecule has 17 heavy (non-hydrogen) atoms. The molecular weight excluding hydrogens is 230 g/mol. The van der Waals surface area contributed by atoms with Gasteiger partial charge in [-0.2, -0.15) is 0 Å². The van der Waals surface area contributed by atoms with Crippen LogP contribution in [0.2, 0.25) is 5.02 Å². The van der Waals surface area contributed by atoms with Gasteiger partial charge in [-0.25, -0.2) is 0 Å². The largest absolute Gasteiger partial charge is 0.330 e. The second kappa shape index (κ2) is 4.29. The minimum atomic E-state index is 0.169. The van der Waals surface area contributed by atoms with Crippen LogP contribution in [-0.4, -0.2) is 6.54 Å². The molecule has 1 nitrogen and oxygen atoms in total. The normalized spacial score (nSPS) is 28.9. The van der Waals surface area contributed by atoms with Gasteiger partial charge in [0.2, 0.25) is 0 Å². The van der Waals surface area contributed by atoms with Gasteiger partial charge < -0.3 is 5.73 Å². The van der Waals surface area contributed by atoms with Gasteiger partial charge in [-0.05, 0) is 41.9 Å². The highest BCUT2D eigenvalue weighted by molar-refractivity contribution is 6.30. The zero-order chi connectivity index (χ0) is 12.7. The van der Waals surface area contributed by atoms with Crippen molar-refractivity contribution >= 4 is 11.6 Å². The van der Waals surface area contributed by atoms with Crippen molar-refractivity contribution < 1.29 is 0 Å². The lowest BCUT2D eigenvalue weighted by Crippen LogP contribution is -2.50. The zero-order valence-electron chi connectivity index (χ0n) is 11.0. The number of benzene rings is 1. The maximum atomic E-state index is 6.07. The summed E-state index contributed by atoms with van der Waals surface area (Å²) in [6, 6.07) is 8.19. The quantitative estimate of drug-likeness (QED) is 0.845. The van der Waals surface area contributed by atoms with Gasteiger partial charge in [0.25, 0.3) is 0 Å². The Hall–Kier alpha value is -0.530. The van der Waals surface area contributed by atoms with Gasteiger partial charge in [0.05, 0.1) is 0 Å². The summed E-state index contributed by atoms with van der Waals surface area (Å²) in [6.45, 7) is 7.67. The predicted molar refractivity (Wildman–Crippen MR) is 74.4 cm³/mol. The van der Waals surface area contributed by atoms with Gasteiger partial charge in [-0.3, -0.25) is 0 Å². The highest BCUT2D eigenvalue weighted by atomic mass is 35.5. The lowest BCUT2D eigenvalue weighted by Gasteiger charge is -2.53. The Bertz CT molecular complexity index is 400. The van der Waals surface area contributed by atoms with Crippen molar-refractivity contribution in [2.75, 3.05) is 6.54 Å². The van der Waals surface area contributed by atoms with Crippen LogP contribution >= 0.6 is 11.6 Å². The smallest absolute Gasteiger partial charge is 0.0408 e. The van der Waals surface area contributed by atoms with Crippen molar-refractivity contribution in [2.45, 2.75) is 39.0 Å². The number of halogens is 1. The molecule has 2 rings (SSSR count). The lowest BCUT2D eigenvalue weighted by atomic mass is 9.52. The Morgan fingerprint density at radius 1 is 1.35 bits per heavy atom. The zero-order valence-corrected chi connectivity index (χ0v) is 11.7. The number of hydrogen-bond donors (Lipinski definition) is 1. The van der Waals surface area contributed by atoms with Crippen LogP contribution in [0.25, 0.3) is 0 Å². The third kappa shape index (κ3) is 2.36. The van der Waals surface area contributed by atoms with Crippen molar-refractivity contribution in [1.82, 2.24) is 0 Å². The average molecular weight is 252 g/mol. The molecular formula is C15H22ClN. The van der Waals surface area contributed by atoms with E-state index in [9.17, 15) is 0 Å². The standard InChI is InChI=1S/C15H22ClN/c1-14(2,3)12-8-15(9-12,10-17)11-5-4-6-13(16)7-11/h4-7,12H,8-10,17H2,1-3H3. The molecule has 2 heteroatoms. The van der Waals surface area contributed by atoms with Gasteiger partial charge in [0.15, 0.2) is 0 Å². The van der Waals surface area contributed by atoms with Gasteiger partial charge in [-0.15, -0.1) is 0 Å².